The molecule has 0 aromatic heterocycles. The first-order valence-electron chi connectivity index (χ1n) is 8.28. The molecule has 2 aromatic rings. The van der Waals surface area contributed by atoms with Crippen molar-refractivity contribution < 1.29 is 9.59 Å². The molecule has 0 aliphatic heterocycles. The number of carbonyl (C=O) groups excluding carboxylic acids is 2. The number of nitrogens with one attached hydrogen (secondary N) is 2. The van der Waals surface area contributed by atoms with E-state index in [0.29, 0.717) is 23.4 Å². The molecule has 2 amide bonds. The molecule has 2 aromatic carbocycles. The van der Waals surface area contributed by atoms with Gasteiger partial charge in [0.1, 0.15) is 0 Å². The zero-order valence-electron chi connectivity index (χ0n) is 14.5. The van der Waals surface area contributed by atoms with Gasteiger partial charge in [-0.05, 0) is 61.7 Å². The third-order valence-electron chi connectivity index (χ3n) is 3.93. The molecule has 0 aliphatic carbocycles. The van der Waals surface area contributed by atoms with E-state index in [1.165, 1.54) is 0 Å². The molecule has 0 radical (unpaired) electrons. The van der Waals surface area contributed by atoms with Crippen LogP contribution in [-0.4, -0.2) is 11.8 Å². The topological polar surface area (TPSA) is 58.2 Å². The van der Waals surface area contributed by atoms with Gasteiger partial charge < -0.3 is 10.6 Å². The number of benzene rings is 2. The second kappa shape index (κ2) is 8.29. The molecule has 4 nitrogen and oxygen atoms in total. The molecule has 0 heterocycles. The number of anilines is 2. The quantitative estimate of drug-likeness (QED) is 0.810. The molecular formula is C20H24N2O2. The summed E-state index contributed by atoms with van der Waals surface area (Å²) in [5, 5.41) is 5.73. The molecule has 2 rings (SSSR count). The highest BCUT2D eigenvalue weighted by Gasteiger charge is 2.08. The predicted molar refractivity (Wildman–Crippen MR) is 98.5 cm³/mol. The Morgan fingerprint density at radius 3 is 2.29 bits per heavy atom. The summed E-state index contributed by atoms with van der Waals surface area (Å²) in [4.78, 5) is 24.2. The van der Waals surface area contributed by atoms with E-state index in [1.807, 2.05) is 44.2 Å². The summed E-state index contributed by atoms with van der Waals surface area (Å²) >= 11 is 0. The Balaban J connectivity index is 2.04. The van der Waals surface area contributed by atoms with Gasteiger partial charge in [-0.1, -0.05) is 25.5 Å². The smallest absolute Gasteiger partial charge is 0.255 e. The first-order valence-corrected chi connectivity index (χ1v) is 8.28. The number of unbranched alkanes of at least 4 members (excludes halogenated alkanes) is 1. The molecule has 0 fully saturated rings. The van der Waals surface area contributed by atoms with Crippen molar-refractivity contribution in [3.8, 4) is 0 Å². The van der Waals surface area contributed by atoms with Crippen LogP contribution in [0.2, 0.25) is 0 Å². The van der Waals surface area contributed by atoms with Gasteiger partial charge >= 0.3 is 0 Å². The summed E-state index contributed by atoms with van der Waals surface area (Å²) in [6.07, 6.45) is 2.37. The zero-order chi connectivity index (χ0) is 17.5. The van der Waals surface area contributed by atoms with Crippen LogP contribution >= 0.6 is 0 Å². The van der Waals surface area contributed by atoms with Crippen molar-refractivity contribution >= 4 is 23.2 Å². The van der Waals surface area contributed by atoms with Crippen molar-refractivity contribution in [2.24, 2.45) is 0 Å². The van der Waals surface area contributed by atoms with Crippen LogP contribution in [0.3, 0.4) is 0 Å². The maximum absolute atomic E-state index is 12.4. The Bertz CT molecular complexity index is 738. The van der Waals surface area contributed by atoms with E-state index < -0.39 is 0 Å². The molecule has 0 saturated heterocycles. The van der Waals surface area contributed by atoms with Gasteiger partial charge in [-0.15, -0.1) is 0 Å². The van der Waals surface area contributed by atoms with Crippen LogP contribution in [-0.2, 0) is 4.79 Å². The summed E-state index contributed by atoms with van der Waals surface area (Å²) in [7, 11) is 0. The first-order chi connectivity index (χ1) is 11.5. The lowest BCUT2D eigenvalue weighted by Gasteiger charge is -2.10. The second-order valence-corrected chi connectivity index (χ2v) is 5.99. The lowest BCUT2D eigenvalue weighted by Crippen LogP contribution is -2.14. The molecule has 0 aliphatic rings. The Morgan fingerprint density at radius 2 is 1.62 bits per heavy atom. The van der Waals surface area contributed by atoms with Crippen molar-refractivity contribution in [3.05, 3.63) is 59.2 Å². The van der Waals surface area contributed by atoms with Gasteiger partial charge in [-0.3, -0.25) is 9.59 Å². The van der Waals surface area contributed by atoms with E-state index in [-0.39, 0.29) is 11.8 Å². The summed E-state index contributed by atoms with van der Waals surface area (Å²) < 4.78 is 0. The van der Waals surface area contributed by atoms with Gasteiger partial charge in [-0.25, -0.2) is 0 Å². The highest BCUT2D eigenvalue weighted by atomic mass is 16.2. The van der Waals surface area contributed by atoms with Crippen molar-refractivity contribution in [1.82, 2.24) is 0 Å². The van der Waals surface area contributed by atoms with Crippen LogP contribution in [0.15, 0.2) is 42.5 Å². The van der Waals surface area contributed by atoms with Crippen LogP contribution in [0.5, 0.6) is 0 Å². The molecule has 2 N–H and O–H groups in total. The van der Waals surface area contributed by atoms with Crippen molar-refractivity contribution in [1.29, 1.82) is 0 Å². The van der Waals surface area contributed by atoms with E-state index in [9.17, 15) is 9.59 Å². The SMILES string of the molecule is CCCCC(=O)Nc1cccc(NC(=O)c2ccc(C)c(C)c2)c1. The van der Waals surface area contributed by atoms with E-state index in [2.05, 4.69) is 17.6 Å². The van der Waals surface area contributed by atoms with E-state index in [1.54, 1.807) is 12.1 Å². The minimum absolute atomic E-state index is 0.00511. The average molecular weight is 324 g/mol. The minimum Gasteiger partial charge on any atom is -0.326 e. The Kier molecular flexibility index (Phi) is 6.13. The third kappa shape index (κ3) is 4.95. The van der Waals surface area contributed by atoms with Gasteiger partial charge in [0.25, 0.3) is 5.91 Å². The standard InChI is InChI=1S/C20H24N2O2/c1-4-5-9-19(23)21-17-7-6-8-18(13-17)22-20(24)16-11-10-14(2)15(3)12-16/h6-8,10-13H,4-5,9H2,1-3H3,(H,21,23)(H,22,24). The van der Waals surface area contributed by atoms with E-state index >= 15 is 0 Å². The Morgan fingerprint density at radius 1 is 0.917 bits per heavy atom. The number of carbonyl (C=O) groups is 2. The first kappa shape index (κ1) is 17.7. The molecule has 0 unspecified atom stereocenters. The summed E-state index contributed by atoms with van der Waals surface area (Å²) in [6.45, 7) is 6.05. The number of amides is 2. The molecule has 0 spiro atoms. The Labute approximate surface area is 143 Å². The fourth-order valence-electron chi connectivity index (χ4n) is 2.32. The molecule has 24 heavy (non-hydrogen) atoms. The maximum atomic E-state index is 12.4. The Hall–Kier alpha value is -2.62. The van der Waals surface area contributed by atoms with Crippen molar-refractivity contribution in [2.45, 2.75) is 40.0 Å². The molecule has 0 atom stereocenters. The summed E-state index contributed by atoms with van der Waals surface area (Å²) in [5.74, 6) is -0.165. The lowest BCUT2D eigenvalue weighted by atomic mass is 10.1. The van der Waals surface area contributed by atoms with Crippen molar-refractivity contribution in [3.63, 3.8) is 0 Å². The summed E-state index contributed by atoms with van der Waals surface area (Å²) in [5.41, 5.74) is 4.21. The maximum Gasteiger partial charge on any atom is 0.255 e. The fraction of sp³-hybridized carbons (Fsp3) is 0.300. The zero-order valence-corrected chi connectivity index (χ0v) is 14.5. The van der Waals surface area contributed by atoms with E-state index in [0.717, 1.165) is 24.0 Å². The van der Waals surface area contributed by atoms with Crippen LogP contribution in [0, 0.1) is 13.8 Å². The predicted octanol–water partition coefficient (Wildman–Crippen LogP) is 4.68. The van der Waals surface area contributed by atoms with Gasteiger partial charge in [-0.2, -0.15) is 0 Å². The van der Waals surface area contributed by atoms with Crippen LogP contribution in [0.4, 0.5) is 11.4 Å². The average Bonchev–Trinajstić information content (AvgIpc) is 2.55. The monoisotopic (exact) mass is 324 g/mol. The fourth-order valence-corrected chi connectivity index (χ4v) is 2.32. The highest BCUT2D eigenvalue weighted by Crippen LogP contribution is 2.17. The van der Waals surface area contributed by atoms with Gasteiger partial charge in [0.2, 0.25) is 5.91 Å². The molecular weight excluding hydrogens is 300 g/mol. The minimum atomic E-state index is -0.160. The second-order valence-electron chi connectivity index (χ2n) is 5.99. The third-order valence-corrected chi connectivity index (χ3v) is 3.93. The van der Waals surface area contributed by atoms with Crippen molar-refractivity contribution in [2.75, 3.05) is 10.6 Å². The molecule has 0 saturated carbocycles. The van der Waals surface area contributed by atoms with Gasteiger partial charge in [0.15, 0.2) is 0 Å². The van der Waals surface area contributed by atoms with Gasteiger partial charge in [0, 0.05) is 23.4 Å². The summed E-state index contributed by atoms with van der Waals surface area (Å²) in [6, 6.07) is 12.8. The normalized spacial score (nSPS) is 10.3. The largest absolute Gasteiger partial charge is 0.326 e. The number of hydrogen-bond acceptors (Lipinski definition) is 2. The molecule has 4 heteroatoms. The number of aryl methyl sites for hydroxylation is 2. The molecule has 0 bridgehead atoms. The van der Waals surface area contributed by atoms with E-state index in [4.69, 9.17) is 0 Å². The van der Waals surface area contributed by atoms with Crippen LogP contribution in [0.25, 0.3) is 0 Å². The van der Waals surface area contributed by atoms with Crippen LogP contribution in [0.1, 0.15) is 47.7 Å². The van der Waals surface area contributed by atoms with Gasteiger partial charge in [0.05, 0.1) is 0 Å². The number of rotatable bonds is 6. The van der Waals surface area contributed by atoms with Crippen LogP contribution < -0.4 is 10.6 Å². The lowest BCUT2D eigenvalue weighted by molar-refractivity contribution is -0.116. The number of hydrogen-bond donors (Lipinski definition) is 2. The molecule has 126 valence electrons. The highest BCUT2D eigenvalue weighted by molar-refractivity contribution is 6.04.